The summed E-state index contributed by atoms with van der Waals surface area (Å²) in [5, 5.41) is 0. The third-order valence-electron chi connectivity index (χ3n) is 3.98. The van der Waals surface area contributed by atoms with Gasteiger partial charge in [0, 0.05) is 19.1 Å². The molecule has 2 rings (SSSR count). The van der Waals surface area contributed by atoms with Gasteiger partial charge in [-0.2, -0.15) is 22.0 Å². The maximum absolute atomic E-state index is 13.0. The third-order valence-corrected chi connectivity index (χ3v) is 3.98. The van der Waals surface area contributed by atoms with E-state index in [1.165, 1.54) is 0 Å². The molecule has 2 aliphatic rings. The van der Waals surface area contributed by atoms with Crippen LogP contribution in [0.3, 0.4) is 0 Å². The molecule has 0 bridgehead atoms. The Bertz CT molecular complexity index is 365. The van der Waals surface area contributed by atoms with Crippen molar-refractivity contribution in [1.82, 2.24) is 9.80 Å². The summed E-state index contributed by atoms with van der Waals surface area (Å²) in [6.07, 6.45) is -2.25. The smallest absolute Gasteiger partial charge is 0.336 e. The molecule has 1 amide bonds. The lowest BCUT2D eigenvalue weighted by atomic mass is 10.1. The maximum Gasteiger partial charge on any atom is 0.463 e. The molecule has 2 saturated heterocycles. The van der Waals surface area contributed by atoms with Crippen molar-refractivity contribution in [2.45, 2.75) is 43.8 Å². The van der Waals surface area contributed by atoms with Crippen molar-refractivity contribution in [2.24, 2.45) is 0 Å². The van der Waals surface area contributed by atoms with E-state index in [4.69, 9.17) is 0 Å². The number of alkyl halides is 5. The van der Waals surface area contributed by atoms with Crippen molar-refractivity contribution in [2.75, 3.05) is 26.2 Å². The van der Waals surface area contributed by atoms with Gasteiger partial charge in [-0.05, 0) is 32.4 Å². The van der Waals surface area contributed by atoms with Crippen LogP contribution in [-0.2, 0) is 4.79 Å². The number of nitrogens with zero attached hydrogens (tertiary/aromatic N) is 2. The van der Waals surface area contributed by atoms with Crippen LogP contribution in [0.1, 0.15) is 25.7 Å². The van der Waals surface area contributed by atoms with Gasteiger partial charge in [0.1, 0.15) is 0 Å². The highest BCUT2D eigenvalue weighted by molar-refractivity contribution is 5.84. The lowest BCUT2D eigenvalue weighted by Gasteiger charge is -2.32. The van der Waals surface area contributed by atoms with Gasteiger partial charge in [-0.15, -0.1) is 0 Å². The maximum atomic E-state index is 13.0. The van der Waals surface area contributed by atoms with Crippen LogP contribution >= 0.6 is 0 Å². The van der Waals surface area contributed by atoms with E-state index in [1.54, 1.807) is 0 Å². The second-order valence-corrected chi connectivity index (χ2v) is 5.36. The fraction of sp³-hybridized carbons (Fsp3) is 0.917. The number of likely N-dealkylation sites (tertiary alicyclic amines) is 2. The van der Waals surface area contributed by atoms with Crippen LogP contribution in [0.2, 0.25) is 0 Å². The van der Waals surface area contributed by atoms with E-state index < -0.39 is 18.0 Å². The van der Waals surface area contributed by atoms with E-state index in [2.05, 4.69) is 4.90 Å². The molecule has 0 aliphatic carbocycles. The predicted octanol–water partition coefficient (Wildman–Crippen LogP) is 2.27. The molecule has 0 saturated carbocycles. The van der Waals surface area contributed by atoms with Crippen molar-refractivity contribution in [1.29, 1.82) is 0 Å². The van der Waals surface area contributed by atoms with E-state index in [9.17, 15) is 26.7 Å². The number of halogens is 5. The van der Waals surface area contributed by atoms with Crippen molar-refractivity contribution in [3.8, 4) is 0 Å². The van der Waals surface area contributed by atoms with Crippen LogP contribution in [0.15, 0.2) is 0 Å². The quantitative estimate of drug-likeness (QED) is 0.730. The Kier molecular flexibility index (Phi) is 4.22. The molecule has 0 aromatic carbocycles. The van der Waals surface area contributed by atoms with Gasteiger partial charge in [-0.1, -0.05) is 6.42 Å². The molecule has 20 heavy (non-hydrogen) atoms. The average Bonchev–Trinajstić information content (AvgIpc) is 2.87. The number of carbonyl (C=O) groups excluding carboxylic acids is 1. The number of hydrogen-bond acceptors (Lipinski definition) is 2. The van der Waals surface area contributed by atoms with E-state index >= 15 is 0 Å². The molecule has 2 heterocycles. The minimum Gasteiger partial charge on any atom is -0.336 e. The summed E-state index contributed by atoms with van der Waals surface area (Å²) < 4.78 is 62.6. The SMILES string of the molecule is O=C(N1CCC(N2CCCCC2)C1)C(F)(F)C(F)(F)F. The van der Waals surface area contributed by atoms with Gasteiger partial charge in [0.25, 0.3) is 0 Å². The first kappa shape index (κ1) is 15.5. The number of carbonyl (C=O) groups is 1. The molecule has 116 valence electrons. The molecular formula is C12H17F5N2O. The van der Waals surface area contributed by atoms with Crippen LogP contribution in [0, 0.1) is 0 Å². The molecule has 0 N–H and O–H groups in total. The Hall–Kier alpha value is -0.920. The third kappa shape index (κ3) is 2.89. The van der Waals surface area contributed by atoms with Gasteiger partial charge in [0.2, 0.25) is 0 Å². The minimum absolute atomic E-state index is 0.0360. The highest BCUT2D eigenvalue weighted by Crippen LogP contribution is 2.37. The molecule has 0 aromatic heterocycles. The van der Waals surface area contributed by atoms with Crippen LogP contribution in [0.4, 0.5) is 22.0 Å². The first-order valence-electron chi connectivity index (χ1n) is 6.71. The van der Waals surface area contributed by atoms with E-state index in [1.807, 2.05) is 0 Å². The van der Waals surface area contributed by atoms with E-state index in [0.29, 0.717) is 11.3 Å². The Morgan fingerprint density at radius 2 is 1.55 bits per heavy atom. The van der Waals surface area contributed by atoms with Gasteiger partial charge in [0.05, 0.1) is 0 Å². The van der Waals surface area contributed by atoms with Gasteiger partial charge in [-0.3, -0.25) is 9.69 Å². The van der Waals surface area contributed by atoms with Gasteiger partial charge >= 0.3 is 18.0 Å². The first-order valence-corrected chi connectivity index (χ1v) is 6.71. The van der Waals surface area contributed by atoms with Gasteiger partial charge in [0.15, 0.2) is 0 Å². The number of rotatable bonds is 2. The molecule has 8 heteroatoms. The number of hydrogen-bond donors (Lipinski definition) is 0. The summed E-state index contributed by atoms with van der Waals surface area (Å²) in [5.74, 6) is -7.41. The zero-order valence-corrected chi connectivity index (χ0v) is 10.9. The standard InChI is InChI=1S/C12H17F5N2O/c13-11(14,12(15,16)17)10(20)19-7-4-9(8-19)18-5-2-1-3-6-18/h9H,1-8H2. The van der Waals surface area contributed by atoms with Crippen molar-refractivity contribution in [3.63, 3.8) is 0 Å². The topological polar surface area (TPSA) is 23.6 Å². The number of piperidine rings is 1. The fourth-order valence-electron chi connectivity index (χ4n) is 2.83. The molecule has 1 unspecified atom stereocenters. The number of amides is 1. The Labute approximate surface area is 113 Å². The van der Waals surface area contributed by atoms with Crippen LogP contribution in [0.25, 0.3) is 0 Å². The van der Waals surface area contributed by atoms with E-state index in [0.717, 1.165) is 32.4 Å². The lowest BCUT2D eigenvalue weighted by Crippen LogP contribution is -2.52. The average molecular weight is 300 g/mol. The minimum atomic E-state index is -5.83. The van der Waals surface area contributed by atoms with Crippen LogP contribution < -0.4 is 0 Å². The Morgan fingerprint density at radius 1 is 0.950 bits per heavy atom. The Morgan fingerprint density at radius 3 is 2.10 bits per heavy atom. The molecule has 0 radical (unpaired) electrons. The van der Waals surface area contributed by atoms with Crippen molar-refractivity contribution < 1.29 is 26.7 Å². The van der Waals surface area contributed by atoms with Gasteiger partial charge < -0.3 is 4.90 Å². The highest BCUT2D eigenvalue weighted by atomic mass is 19.4. The molecule has 2 fully saturated rings. The summed E-state index contributed by atoms with van der Waals surface area (Å²) in [6.45, 7) is 1.57. The van der Waals surface area contributed by atoms with Crippen molar-refractivity contribution >= 4 is 5.91 Å². The molecular weight excluding hydrogens is 283 g/mol. The van der Waals surface area contributed by atoms with Crippen LogP contribution in [0.5, 0.6) is 0 Å². The summed E-state index contributed by atoms with van der Waals surface area (Å²) in [7, 11) is 0. The lowest BCUT2D eigenvalue weighted by molar-refractivity contribution is -0.274. The second-order valence-electron chi connectivity index (χ2n) is 5.36. The largest absolute Gasteiger partial charge is 0.463 e. The molecule has 0 aromatic rings. The van der Waals surface area contributed by atoms with Gasteiger partial charge in [-0.25, -0.2) is 0 Å². The van der Waals surface area contributed by atoms with Crippen molar-refractivity contribution in [3.05, 3.63) is 0 Å². The molecule has 1 atom stereocenters. The highest BCUT2D eigenvalue weighted by Gasteiger charge is 2.65. The summed E-state index contributed by atoms with van der Waals surface area (Å²) in [5.41, 5.74) is 0. The molecule has 3 nitrogen and oxygen atoms in total. The second kappa shape index (κ2) is 5.46. The summed E-state index contributed by atoms with van der Waals surface area (Å²) in [4.78, 5) is 14.1. The zero-order chi connectivity index (χ0) is 15.0. The predicted molar refractivity (Wildman–Crippen MR) is 61.4 cm³/mol. The summed E-state index contributed by atoms with van der Waals surface area (Å²) in [6, 6.07) is -0.0942. The molecule has 2 aliphatic heterocycles. The first-order chi connectivity index (χ1) is 9.23. The fourth-order valence-corrected chi connectivity index (χ4v) is 2.83. The van der Waals surface area contributed by atoms with E-state index in [-0.39, 0.29) is 19.1 Å². The molecule has 0 spiro atoms. The summed E-state index contributed by atoms with van der Waals surface area (Å²) >= 11 is 0. The Balaban J connectivity index is 1.97. The van der Waals surface area contributed by atoms with Crippen LogP contribution in [-0.4, -0.2) is 60.0 Å². The normalized spacial score (nSPS) is 26.1. The zero-order valence-electron chi connectivity index (χ0n) is 10.9. The monoisotopic (exact) mass is 300 g/mol.